The van der Waals surface area contributed by atoms with Gasteiger partial charge >= 0.3 is 0 Å². The second kappa shape index (κ2) is 4.14. The molecule has 0 saturated heterocycles. The molecule has 0 atom stereocenters. The van der Waals surface area contributed by atoms with Crippen molar-refractivity contribution in [2.75, 3.05) is 0 Å². The maximum atomic E-state index is 4.01. The number of hydrogen-bond acceptors (Lipinski definition) is 1. The fraction of sp³-hybridized carbons (Fsp3) is 0.100. The second-order valence-electron chi connectivity index (χ2n) is 1.84. The van der Waals surface area contributed by atoms with E-state index in [9.17, 15) is 0 Å². The molecule has 1 aromatic heterocycles. The van der Waals surface area contributed by atoms with Crippen molar-refractivity contribution < 1.29 is 0 Å². The van der Waals surface area contributed by atoms with Gasteiger partial charge in [0.2, 0.25) is 0 Å². The van der Waals surface area contributed by atoms with Crippen molar-refractivity contribution in [1.29, 1.82) is 0 Å². The van der Waals surface area contributed by atoms with Crippen molar-refractivity contribution in [2.45, 2.75) is 6.92 Å². The number of pyridine rings is 1. The van der Waals surface area contributed by atoms with Crippen molar-refractivity contribution in [3.8, 4) is 23.7 Å². The molecule has 52 valence electrons. The first kappa shape index (κ1) is 7.38. The lowest BCUT2D eigenvalue weighted by Crippen LogP contribution is -1.76. The molecule has 1 rings (SSSR count). The maximum Gasteiger partial charge on any atom is 0.114 e. The summed E-state index contributed by atoms with van der Waals surface area (Å²) in [5.74, 6) is 10.8. The predicted molar refractivity (Wildman–Crippen MR) is 44.6 cm³/mol. The Morgan fingerprint density at radius 1 is 1.27 bits per heavy atom. The van der Waals surface area contributed by atoms with Gasteiger partial charge in [0.25, 0.3) is 0 Å². The molecule has 0 aliphatic heterocycles. The molecule has 1 aromatic rings. The molecule has 0 spiro atoms. The van der Waals surface area contributed by atoms with E-state index in [1.54, 1.807) is 13.1 Å². The Balaban J connectivity index is 2.80. The lowest BCUT2D eigenvalue weighted by Gasteiger charge is -1.82. The molecular weight excluding hydrogens is 134 g/mol. The Hall–Kier alpha value is -1.73. The Morgan fingerprint density at radius 3 is 2.82 bits per heavy atom. The topological polar surface area (TPSA) is 12.9 Å². The SMILES string of the molecule is CC#CC#Cc1ccccn1. The predicted octanol–water partition coefficient (Wildman–Crippen LogP) is 1.46. The maximum absolute atomic E-state index is 4.01. The van der Waals surface area contributed by atoms with E-state index in [1.807, 2.05) is 18.2 Å². The van der Waals surface area contributed by atoms with Crippen LogP contribution in [0.3, 0.4) is 0 Å². The quantitative estimate of drug-likeness (QED) is 0.498. The molecule has 0 bridgehead atoms. The Kier molecular flexibility index (Phi) is 2.78. The van der Waals surface area contributed by atoms with E-state index in [1.165, 1.54) is 0 Å². The van der Waals surface area contributed by atoms with Crippen LogP contribution in [0.2, 0.25) is 0 Å². The minimum absolute atomic E-state index is 0.759. The van der Waals surface area contributed by atoms with Crippen LogP contribution >= 0.6 is 0 Å². The van der Waals surface area contributed by atoms with Crippen LogP contribution in [-0.2, 0) is 0 Å². The molecule has 0 aliphatic carbocycles. The Labute approximate surface area is 66.5 Å². The monoisotopic (exact) mass is 141 g/mol. The molecule has 1 heterocycles. The minimum Gasteiger partial charge on any atom is -0.248 e. The smallest absolute Gasteiger partial charge is 0.114 e. The van der Waals surface area contributed by atoms with E-state index in [4.69, 9.17) is 0 Å². The van der Waals surface area contributed by atoms with Crippen molar-refractivity contribution in [2.24, 2.45) is 0 Å². The number of rotatable bonds is 0. The zero-order valence-electron chi connectivity index (χ0n) is 6.26. The third kappa shape index (κ3) is 2.56. The molecule has 0 saturated carbocycles. The summed E-state index contributed by atoms with van der Waals surface area (Å²) >= 11 is 0. The molecular formula is C10H7N. The first-order valence-electron chi connectivity index (χ1n) is 3.27. The van der Waals surface area contributed by atoms with E-state index >= 15 is 0 Å². The van der Waals surface area contributed by atoms with E-state index < -0.39 is 0 Å². The van der Waals surface area contributed by atoms with Crippen LogP contribution in [0.4, 0.5) is 0 Å². The van der Waals surface area contributed by atoms with Crippen molar-refractivity contribution in [3.63, 3.8) is 0 Å². The number of hydrogen-bond donors (Lipinski definition) is 0. The van der Waals surface area contributed by atoms with Crippen LogP contribution in [0, 0.1) is 23.7 Å². The third-order valence-electron chi connectivity index (χ3n) is 1.04. The average Bonchev–Trinajstić information content (AvgIpc) is 2.07. The van der Waals surface area contributed by atoms with Gasteiger partial charge in [0.15, 0.2) is 0 Å². The highest BCUT2D eigenvalue weighted by molar-refractivity contribution is 5.35. The van der Waals surface area contributed by atoms with Gasteiger partial charge < -0.3 is 0 Å². The van der Waals surface area contributed by atoms with Gasteiger partial charge in [-0.25, -0.2) is 4.98 Å². The van der Waals surface area contributed by atoms with Gasteiger partial charge in [-0.1, -0.05) is 12.0 Å². The van der Waals surface area contributed by atoms with Crippen molar-refractivity contribution in [1.82, 2.24) is 4.98 Å². The summed E-state index contributed by atoms with van der Waals surface area (Å²) in [6, 6.07) is 5.61. The third-order valence-corrected chi connectivity index (χ3v) is 1.04. The summed E-state index contributed by atoms with van der Waals surface area (Å²) in [5.41, 5.74) is 0.759. The largest absolute Gasteiger partial charge is 0.248 e. The summed E-state index contributed by atoms with van der Waals surface area (Å²) in [4.78, 5) is 4.01. The minimum atomic E-state index is 0.759. The van der Waals surface area contributed by atoms with Gasteiger partial charge in [0.05, 0.1) is 0 Å². The van der Waals surface area contributed by atoms with Crippen LogP contribution < -0.4 is 0 Å². The standard InChI is InChI=1S/C10H7N/c1-2-3-4-7-10-8-5-6-9-11-10/h5-6,8-9H,1H3. The van der Waals surface area contributed by atoms with E-state index in [-0.39, 0.29) is 0 Å². The molecule has 0 fully saturated rings. The molecule has 0 amide bonds. The molecule has 0 aromatic carbocycles. The fourth-order valence-corrected chi connectivity index (χ4v) is 0.594. The average molecular weight is 141 g/mol. The van der Waals surface area contributed by atoms with Gasteiger partial charge in [0, 0.05) is 6.20 Å². The van der Waals surface area contributed by atoms with Gasteiger partial charge in [-0.05, 0) is 36.8 Å². The van der Waals surface area contributed by atoms with Gasteiger partial charge in [-0.2, -0.15) is 0 Å². The summed E-state index contributed by atoms with van der Waals surface area (Å²) in [6.07, 6.45) is 1.71. The molecule has 0 aliphatic rings. The lowest BCUT2D eigenvalue weighted by atomic mass is 10.3. The fourth-order valence-electron chi connectivity index (χ4n) is 0.594. The molecule has 0 unspecified atom stereocenters. The highest BCUT2D eigenvalue weighted by Crippen LogP contribution is 1.88. The Morgan fingerprint density at radius 2 is 2.18 bits per heavy atom. The van der Waals surface area contributed by atoms with Gasteiger partial charge in [0.1, 0.15) is 5.69 Å². The van der Waals surface area contributed by atoms with E-state index in [2.05, 4.69) is 28.7 Å². The van der Waals surface area contributed by atoms with Gasteiger partial charge in [-0.3, -0.25) is 0 Å². The molecule has 1 nitrogen and oxygen atoms in total. The summed E-state index contributed by atoms with van der Waals surface area (Å²) in [6.45, 7) is 1.76. The highest BCUT2D eigenvalue weighted by atomic mass is 14.6. The lowest BCUT2D eigenvalue weighted by molar-refractivity contribution is 1.29. The zero-order chi connectivity index (χ0) is 7.94. The van der Waals surface area contributed by atoms with Crippen LogP contribution in [0.1, 0.15) is 12.6 Å². The van der Waals surface area contributed by atoms with Crippen LogP contribution in [0.15, 0.2) is 24.4 Å². The summed E-state index contributed by atoms with van der Waals surface area (Å²) < 4.78 is 0. The zero-order valence-corrected chi connectivity index (χ0v) is 6.26. The van der Waals surface area contributed by atoms with Crippen LogP contribution in [-0.4, -0.2) is 4.98 Å². The van der Waals surface area contributed by atoms with Crippen molar-refractivity contribution in [3.05, 3.63) is 30.1 Å². The highest BCUT2D eigenvalue weighted by Gasteiger charge is 1.79. The molecule has 0 radical (unpaired) electrons. The second-order valence-corrected chi connectivity index (χ2v) is 1.84. The number of nitrogens with zero attached hydrogens (tertiary/aromatic N) is 1. The number of aromatic nitrogens is 1. The van der Waals surface area contributed by atoms with E-state index in [0.29, 0.717) is 0 Å². The molecule has 0 N–H and O–H groups in total. The van der Waals surface area contributed by atoms with Crippen LogP contribution in [0.5, 0.6) is 0 Å². The molecule has 1 heteroatoms. The van der Waals surface area contributed by atoms with Crippen molar-refractivity contribution >= 4 is 0 Å². The van der Waals surface area contributed by atoms with Gasteiger partial charge in [-0.15, -0.1) is 0 Å². The normalized spacial score (nSPS) is 7.00. The van der Waals surface area contributed by atoms with Crippen LogP contribution in [0.25, 0.3) is 0 Å². The first-order valence-corrected chi connectivity index (χ1v) is 3.27. The van der Waals surface area contributed by atoms with E-state index in [0.717, 1.165) is 5.69 Å². The Bertz CT molecular complexity index is 330. The summed E-state index contributed by atoms with van der Waals surface area (Å²) in [7, 11) is 0. The first-order chi connectivity index (χ1) is 5.43. The molecule has 11 heavy (non-hydrogen) atoms. The summed E-state index contributed by atoms with van der Waals surface area (Å²) in [5, 5.41) is 0.